The average Bonchev–Trinajstić information content (AvgIpc) is 2.80. The van der Waals surface area contributed by atoms with Crippen molar-refractivity contribution in [3.8, 4) is 0 Å². The summed E-state index contributed by atoms with van der Waals surface area (Å²) in [5, 5.41) is 12.1. The molecule has 10 heteroatoms. The first kappa shape index (κ1) is 23.5. The van der Waals surface area contributed by atoms with E-state index in [0.29, 0.717) is 11.1 Å². The number of carboxylic acids is 1. The third-order valence-electron chi connectivity index (χ3n) is 5.39. The summed E-state index contributed by atoms with van der Waals surface area (Å²) < 4.78 is 2.11. The van der Waals surface area contributed by atoms with Crippen molar-refractivity contribution < 1.29 is 19.5 Å². The summed E-state index contributed by atoms with van der Waals surface area (Å²) in [5.74, 6) is -2.90. The number of carbonyl (C=O) groups is 3. The van der Waals surface area contributed by atoms with Crippen LogP contribution in [0.3, 0.4) is 0 Å². The van der Waals surface area contributed by atoms with Gasteiger partial charge < -0.3 is 16.2 Å². The van der Waals surface area contributed by atoms with Crippen LogP contribution in [0.15, 0.2) is 64.2 Å². The number of carbonyl (C=O) groups excluding carboxylic acids is 2. The number of primary amides is 1. The van der Waals surface area contributed by atoms with Gasteiger partial charge in [0.2, 0.25) is 11.8 Å². The van der Waals surface area contributed by atoms with Crippen molar-refractivity contribution in [2.75, 3.05) is 0 Å². The molecule has 0 unspecified atom stereocenters. The van der Waals surface area contributed by atoms with Crippen molar-refractivity contribution in [1.29, 1.82) is 0 Å². The summed E-state index contributed by atoms with van der Waals surface area (Å²) in [7, 11) is 1.49. The van der Waals surface area contributed by atoms with Crippen LogP contribution in [-0.2, 0) is 27.9 Å². The van der Waals surface area contributed by atoms with E-state index in [0.717, 1.165) is 4.57 Å². The van der Waals surface area contributed by atoms with Gasteiger partial charge in [-0.3, -0.25) is 19.0 Å². The quantitative estimate of drug-likeness (QED) is 0.425. The maximum Gasteiger partial charge on any atom is 0.331 e. The van der Waals surface area contributed by atoms with Gasteiger partial charge in [-0.1, -0.05) is 42.5 Å². The lowest BCUT2D eigenvalue weighted by Gasteiger charge is -2.23. The molecule has 2 aromatic carbocycles. The van der Waals surface area contributed by atoms with Crippen molar-refractivity contribution in [1.82, 2.24) is 14.5 Å². The van der Waals surface area contributed by atoms with Crippen LogP contribution >= 0.6 is 0 Å². The SMILES string of the molecule is Cn1c(=O)n([C@@H](Cc2ccccc2)C(=O)N[C@@H](CCC(N)=O)C(=O)O)c(=O)c2ccccc21. The maximum atomic E-state index is 13.3. The van der Waals surface area contributed by atoms with Crippen molar-refractivity contribution in [2.24, 2.45) is 12.8 Å². The Morgan fingerprint density at radius 3 is 2.30 bits per heavy atom. The van der Waals surface area contributed by atoms with Crippen molar-refractivity contribution >= 4 is 28.7 Å². The number of hydrogen-bond acceptors (Lipinski definition) is 5. The van der Waals surface area contributed by atoms with E-state index in [1.807, 2.05) is 0 Å². The topological polar surface area (TPSA) is 153 Å². The fraction of sp³-hybridized carbons (Fsp3) is 0.261. The highest BCUT2D eigenvalue weighted by molar-refractivity contribution is 5.87. The molecule has 0 aliphatic heterocycles. The van der Waals surface area contributed by atoms with E-state index >= 15 is 0 Å². The number of benzene rings is 2. The molecule has 0 aliphatic carbocycles. The Bertz CT molecular complexity index is 1310. The second kappa shape index (κ2) is 9.94. The Balaban J connectivity index is 2.10. The third-order valence-corrected chi connectivity index (χ3v) is 5.39. The fourth-order valence-electron chi connectivity index (χ4n) is 3.65. The zero-order chi connectivity index (χ0) is 24.1. The Hall–Kier alpha value is -4.21. The van der Waals surface area contributed by atoms with E-state index in [9.17, 15) is 29.1 Å². The third kappa shape index (κ3) is 5.17. The highest BCUT2D eigenvalue weighted by Crippen LogP contribution is 2.15. The molecule has 0 saturated carbocycles. The summed E-state index contributed by atoms with van der Waals surface area (Å²) in [6.07, 6.45) is -0.500. The lowest BCUT2D eigenvalue weighted by molar-refractivity contribution is -0.142. The lowest BCUT2D eigenvalue weighted by atomic mass is 10.0. The van der Waals surface area contributed by atoms with Crippen LogP contribution in [0.1, 0.15) is 24.4 Å². The van der Waals surface area contributed by atoms with Crippen molar-refractivity contribution in [3.05, 3.63) is 81.0 Å². The van der Waals surface area contributed by atoms with Gasteiger partial charge >= 0.3 is 11.7 Å². The molecule has 10 nitrogen and oxygen atoms in total. The molecule has 0 spiro atoms. The molecular weight excluding hydrogens is 428 g/mol. The first-order valence-electron chi connectivity index (χ1n) is 10.3. The number of aliphatic carboxylic acids is 1. The molecule has 0 saturated heterocycles. The van der Waals surface area contributed by atoms with Gasteiger partial charge in [0, 0.05) is 19.9 Å². The van der Waals surface area contributed by atoms with Gasteiger partial charge in [-0.15, -0.1) is 0 Å². The maximum absolute atomic E-state index is 13.3. The summed E-state index contributed by atoms with van der Waals surface area (Å²) in [5.41, 5.74) is 4.81. The minimum absolute atomic E-state index is 0.0255. The van der Waals surface area contributed by atoms with E-state index < -0.39 is 41.1 Å². The number of carboxylic acid groups (broad SMARTS) is 1. The highest BCUT2D eigenvalue weighted by atomic mass is 16.4. The van der Waals surface area contributed by atoms with Crippen molar-refractivity contribution in [3.63, 3.8) is 0 Å². The molecule has 3 rings (SSSR count). The molecule has 1 aromatic heterocycles. The molecule has 4 N–H and O–H groups in total. The molecular formula is C23H24N4O6. The zero-order valence-corrected chi connectivity index (χ0v) is 17.9. The summed E-state index contributed by atoms with van der Waals surface area (Å²) in [4.78, 5) is 62.4. The predicted octanol–water partition coefficient (Wildman–Crippen LogP) is 0.319. The summed E-state index contributed by atoms with van der Waals surface area (Å²) in [6.45, 7) is 0. The lowest BCUT2D eigenvalue weighted by Crippen LogP contribution is -2.50. The van der Waals surface area contributed by atoms with Crippen LogP contribution in [0.25, 0.3) is 10.9 Å². The molecule has 0 radical (unpaired) electrons. The first-order valence-corrected chi connectivity index (χ1v) is 10.3. The summed E-state index contributed by atoms with van der Waals surface area (Å²) in [6, 6.07) is 12.5. The van der Waals surface area contributed by atoms with Gasteiger partial charge in [-0.2, -0.15) is 0 Å². The molecule has 33 heavy (non-hydrogen) atoms. The minimum atomic E-state index is -1.41. The zero-order valence-electron chi connectivity index (χ0n) is 17.9. The standard InChI is InChI=1S/C23H24N4O6/c1-26-17-10-6-5-9-15(17)21(30)27(23(26)33)18(13-14-7-3-2-4-8-14)20(29)25-16(22(31)32)11-12-19(24)28/h2-10,16,18H,11-13H2,1H3,(H2,24,28)(H,25,29)(H,31,32)/t16-,18-/m0/s1. The van der Waals surface area contributed by atoms with Crippen LogP contribution in [0, 0.1) is 0 Å². The predicted molar refractivity (Wildman–Crippen MR) is 121 cm³/mol. The molecule has 1 heterocycles. The van der Waals surface area contributed by atoms with E-state index in [1.165, 1.54) is 11.6 Å². The van der Waals surface area contributed by atoms with Gasteiger partial charge in [0.25, 0.3) is 5.56 Å². The van der Waals surface area contributed by atoms with Gasteiger partial charge in [0.05, 0.1) is 10.9 Å². The highest BCUT2D eigenvalue weighted by Gasteiger charge is 2.30. The van der Waals surface area contributed by atoms with Crippen LogP contribution in [-0.4, -0.2) is 38.1 Å². The minimum Gasteiger partial charge on any atom is -0.480 e. The van der Waals surface area contributed by atoms with E-state index in [2.05, 4.69) is 5.32 Å². The van der Waals surface area contributed by atoms with Crippen LogP contribution in [0.4, 0.5) is 0 Å². The van der Waals surface area contributed by atoms with Gasteiger partial charge in [-0.25, -0.2) is 14.2 Å². The Morgan fingerprint density at radius 2 is 1.67 bits per heavy atom. The molecule has 0 bridgehead atoms. The number of nitrogens with one attached hydrogen (secondary N) is 1. The van der Waals surface area contributed by atoms with Crippen molar-refractivity contribution in [2.45, 2.75) is 31.3 Å². The number of aryl methyl sites for hydroxylation is 1. The molecule has 0 aliphatic rings. The Morgan fingerprint density at radius 1 is 1.03 bits per heavy atom. The number of hydrogen-bond donors (Lipinski definition) is 3. The van der Waals surface area contributed by atoms with E-state index in [1.54, 1.807) is 54.6 Å². The number of fused-ring (bicyclic) bond motifs is 1. The fourth-order valence-corrected chi connectivity index (χ4v) is 3.65. The largest absolute Gasteiger partial charge is 0.480 e. The van der Waals surface area contributed by atoms with E-state index in [4.69, 9.17) is 5.73 Å². The Kier molecular flexibility index (Phi) is 7.07. The molecule has 3 aromatic rings. The number of para-hydroxylation sites is 1. The second-order valence-corrected chi connectivity index (χ2v) is 7.64. The molecule has 2 atom stereocenters. The van der Waals surface area contributed by atoms with Gasteiger partial charge in [0.15, 0.2) is 0 Å². The molecule has 0 fully saturated rings. The first-order chi connectivity index (χ1) is 15.7. The number of rotatable bonds is 9. The number of aromatic nitrogens is 2. The molecule has 2 amide bonds. The monoisotopic (exact) mass is 452 g/mol. The molecule has 172 valence electrons. The summed E-state index contributed by atoms with van der Waals surface area (Å²) >= 11 is 0. The smallest absolute Gasteiger partial charge is 0.331 e. The van der Waals surface area contributed by atoms with Crippen LogP contribution < -0.4 is 22.3 Å². The Labute approximate surface area is 188 Å². The second-order valence-electron chi connectivity index (χ2n) is 7.64. The number of nitrogens with two attached hydrogens (primary N) is 1. The average molecular weight is 452 g/mol. The van der Waals surface area contributed by atoms with Gasteiger partial charge in [0.1, 0.15) is 12.1 Å². The van der Waals surface area contributed by atoms with E-state index in [-0.39, 0.29) is 24.6 Å². The van der Waals surface area contributed by atoms with Crippen LogP contribution in [0.5, 0.6) is 0 Å². The number of amides is 2. The normalized spacial score (nSPS) is 12.8. The van der Waals surface area contributed by atoms with Gasteiger partial charge in [-0.05, 0) is 24.1 Å². The number of nitrogens with zero attached hydrogens (tertiary/aromatic N) is 2. The van der Waals surface area contributed by atoms with Crippen LogP contribution in [0.2, 0.25) is 0 Å².